The highest BCUT2D eigenvalue weighted by atomic mass is 31.1. The zero-order valence-corrected chi connectivity index (χ0v) is 19.3. The Kier molecular flexibility index (Phi) is 5.24. The minimum atomic E-state index is -0.412. The van der Waals surface area contributed by atoms with Gasteiger partial charge in [0.25, 0.3) is 0 Å². The molecule has 2 aliphatic rings. The maximum atomic E-state index is 5.07. The Balaban J connectivity index is 1.62. The van der Waals surface area contributed by atoms with Crippen LogP contribution in [0.25, 0.3) is 10.9 Å². The first-order valence-electron chi connectivity index (χ1n) is 11.0. The maximum absolute atomic E-state index is 5.07. The normalized spacial score (nSPS) is 23.8. The largest absolute Gasteiger partial charge is 0.285 e. The summed E-state index contributed by atoms with van der Waals surface area (Å²) in [6.07, 6.45) is 3.41. The van der Waals surface area contributed by atoms with E-state index < -0.39 is 7.92 Å². The lowest BCUT2D eigenvalue weighted by Crippen LogP contribution is -2.19. The molecule has 0 amide bonds. The molecular formula is C29H28NP. The molecule has 0 spiro atoms. The Hall–Kier alpha value is -2.76. The highest BCUT2D eigenvalue weighted by Gasteiger charge is 2.51. The number of fused-ring (bicyclic) bond motifs is 2. The van der Waals surface area contributed by atoms with Gasteiger partial charge >= 0.3 is 0 Å². The van der Waals surface area contributed by atoms with E-state index in [9.17, 15) is 0 Å². The Bertz CT molecular complexity index is 1180. The molecule has 3 aromatic carbocycles. The fourth-order valence-corrected chi connectivity index (χ4v) is 8.60. The molecule has 2 bridgehead atoms. The van der Waals surface area contributed by atoms with Gasteiger partial charge in [-0.1, -0.05) is 103 Å². The third-order valence-corrected chi connectivity index (χ3v) is 9.84. The minimum Gasteiger partial charge on any atom is -0.285 e. The molecule has 3 aromatic rings. The molecule has 0 radical (unpaired) electrons. The number of allylic oxidation sites excluding steroid dienone is 3. The van der Waals surface area contributed by atoms with Crippen LogP contribution < -0.4 is 0 Å². The molecule has 154 valence electrons. The lowest BCUT2D eigenvalue weighted by Gasteiger charge is -2.30. The summed E-state index contributed by atoms with van der Waals surface area (Å²) in [7, 11) is -0.412. The van der Waals surface area contributed by atoms with Gasteiger partial charge in [0.05, 0.1) is 6.04 Å². The van der Waals surface area contributed by atoms with Crippen molar-refractivity contribution in [3.05, 3.63) is 119 Å². The number of aliphatic imine (C=N–C) groups is 1. The van der Waals surface area contributed by atoms with Crippen LogP contribution in [0.2, 0.25) is 0 Å². The van der Waals surface area contributed by atoms with Gasteiger partial charge in [0, 0.05) is 16.9 Å². The Morgan fingerprint density at radius 2 is 1.39 bits per heavy atom. The molecule has 0 fully saturated rings. The van der Waals surface area contributed by atoms with E-state index in [-0.39, 0.29) is 11.5 Å². The second-order valence-electron chi connectivity index (χ2n) is 8.75. The third kappa shape index (κ3) is 3.42. The smallest absolute Gasteiger partial charge is 0.0721 e. The molecule has 1 nitrogen and oxygen atoms in total. The van der Waals surface area contributed by atoms with E-state index in [1.807, 2.05) is 0 Å². The van der Waals surface area contributed by atoms with Crippen molar-refractivity contribution in [3.8, 4) is 0 Å². The molecule has 31 heavy (non-hydrogen) atoms. The summed E-state index contributed by atoms with van der Waals surface area (Å²) in [4.78, 5) is 5.07. The number of hydrogen-bond donors (Lipinski definition) is 0. The standard InChI is InChI=1S/C29H28NP/c1-21-28(25-17-11-6-12-18-25)31-20-29(21,3)27(24-15-9-5-10-16-24)26(31)19-30-22(2)23-13-7-4-8-14-23/h4-19,22H,20H2,1-3H3/t22-,29+,31+/m1/s1. The van der Waals surface area contributed by atoms with Crippen molar-refractivity contribution in [2.24, 2.45) is 10.4 Å². The number of rotatable bonds is 5. The van der Waals surface area contributed by atoms with Crippen LogP contribution in [0.15, 0.2) is 107 Å². The Morgan fingerprint density at radius 3 is 2.00 bits per heavy atom. The van der Waals surface area contributed by atoms with Crippen LogP contribution in [0, 0.1) is 5.41 Å². The zero-order chi connectivity index (χ0) is 21.4. The first-order chi connectivity index (χ1) is 15.1. The average molecular weight is 422 g/mol. The van der Waals surface area contributed by atoms with Crippen molar-refractivity contribution in [1.82, 2.24) is 0 Å². The summed E-state index contributed by atoms with van der Waals surface area (Å²) in [5.41, 5.74) is 7.09. The number of nitrogens with zero attached hydrogens (tertiary/aromatic N) is 1. The topological polar surface area (TPSA) is 12.4 Å². The van der Waals surface area contributed by atoms with Crippen molar-refractivity contribution in [1.29, 1.82) is 0 Å². The van der Waals surface area contributed by atoms with Crippen LogP contribution in [-0.2, 0) is 0 Å². The molecular weight excluding hydrogens is 393 g/mol. The molecule has 0 saturated carbocycles. The fourth-order valence-electron chi connectivity index (χ4n) is 5.04. The summed E-state index contributed by atoms with van der Waals surface area (Å²) in [6.45, 7) is 6.99. The lowest BCUT2D eigenvalue weighted by atomic mass is 9.74. The lowest BCUT2D eigenvalue weighted by molar-refractivity contribution is 0.631. The van der Waals surface area contributed by atoms with Crippen molar-refractivity contribution >= 4 is 25.0 Å². The van der Waals surface area contributed by atoms with Crippen LogP contribution >= 0.6 is 7.92 Å². The predicted molar refractivity (Wildman–Crippen MR) is 136 cm³/mol. The van der Waals surface area contributed by atoms with Gasteiger partial charge in [-0.05, 0) is 55.5 Å². The first kappa shape index (κ1) is 20.2. The van der Waals surface area contributed by atoms with Crippen molar-refractivity contribution in [2.45, 2.75) is 26.8 Å². The summed E-state index contributed by atoms with van der Waals surface area (Å²) in [6, 6.07) is 32.7. The summed E-state index contributed by atoms with van der Waals surface area (Å²) in [5.74, 6) is 0. The molecule has 5 rings (SSSR count). The Morgan fingerprint density at radius 1 is 0.839 bits per heavy atom. The zero-order valence-electron chi connectivity index (χ0n) is 18.4. The van der Waals surface area contributed by atoms with Crippen LogP contribution in [0.3, 0.4) is 0 Å². The molecule has 2 aliphatic heterocycles. The number of benzene rings is 3. The van der Waals surface area contributed by atoms with Crippen LogP contribution in [0.5, 0.6) is 0 Å². The van der Waals surface area contributed by atoms with Crippen LogP contribution in [0.1, 0.15) is 43.5 Å². The molecule has 2 heteroatoms. The quantitative estimate of drug-likeness (QED) is 0.291. The highest BCUT2D eigenvalue weighted by Crippen LogP contribution is 2.77. The molecule has 0 aromatic heterocycles. The van der Waals surface area contributed by atoms with E-state index >= 15 is 0 Å². The van der Waals surface area contributed by atoms with Gasteiger partial charge in [-0.3, -0.25) is 4.99 Å². The van der Waals surface area contributed by atoms with Crippen LogP contribution in [-0.4, -0.2) is 12.4 Å². The van der Waals surface area contributed by atoms with Crippen molar-refractivity contribution in [2.75, 3.05) is 6.16 Å². The van der Waals surface area contributed by atoms with E-state index in [4.69, 9.17) is 4.99 Å². The van der Waals surface area contributed by atoms with E-state index in [1.165, 1.54) is 39.3 Å². The molecule has 0 unspecified atom stereocenters. The molecule has 2 heterocycles. The predicted octanol–water partition coefficient (Wildman–Crippen LogP) is 8.18. The Labute approximate surface area is 187 Å². The minimum absolute atomic E-state index is 0.0789. The molecule has 3 atom stereocenters. The van der Waals surface area contributed by atoms with Gasteiger partial charge in [0.1, 0.15) is 0 Å². The van der Waals surface area contributed by atoms with E-state index in [2.05, 4.69) is 118 Å². The van der Waals surface area contributed by atoms with Gasteiger partial charge in [-0.25, -0.2) is 0 Å². The van der Waals surface area contributed by atoms with Gasteiger partial charge in [0.2, 0.25) is 0 Å². The van der Waals surface area contributed by atoms with Gasteiger partial charge in [-0.15, -0.1) is 0 Å². The van der Waals surface area contributed by atoms with Crippen molar-refractivity contribution < 1.29 is 0 Å². The molecule has 0 aliphatic carbocycles. The maximum Gasteiger partial charge on any atom is 0.0721 e. The molecule has 0 N–H and O–H groups in total. The fraction of sp³-hybridized carbons (Fsp3) is 0.207. The monoisotopic (exact) mass is 421 g/mol. The van der Waals surface area contributed by atoms with Gasteiger partial charge in [0.15, 0.2) is 0 Å². The SMILES string of the molecule is CC1=C(c2ccccc2)[P@@]2C[C@]1(C)C(c1ccccc1)=C2C=N[C@H](C)c1ccccc1. The van der Waals surface area contributed by atoms with E-state index in [0.717, 1.165) is 0 Å². The first-order valence-corrected chi connectivity index (χ1v) is 12.5. The second-order valence-corrected chi connectivity index (χ2v) is 10.9. The van der Waals surface area contributed by atoms with E-state index in [1.54, 1.807) is 5.31 Å². The summed E-state index contributed by atoms with van der Waals surface area (Å²) < 4.78 is 0. The van der Waals surface area contributed by atoms with Crippen LogP contribution in [0.4, 0.5) is 0 Å². The van der Waals surface area contributed by atoms with Gasteiger partial charge < -0.3 is 0 Å². The average Bonchev–Trinajstić information content (AvgIpc) is 3.26. The molecule has 0 saturated heterocycles. The van der Waals surface area contributed by atoms with Crippen molar-refractivity contribution in [3.63, 3.8) is 0 Å². The summed E-state index contributed by atoms with van der Waals surface area (Å²) in [5, 5.41) is 3.02. The summed E-state index contributed by atoms with van der Waals surface area (Å²) >= 11 is 0. The number of hydrogen-bond acceptors (Lipinski definition) is 1. The second kappa shape index (κ2) is 8.06. The third-order valence-electron chi connectivity index (χ3n) is 6.84. The van der Waals surface area contributed by atoms with E-state index in [0.29, 0.717) is 0 Å². The highest BCUT2D eigenvalue weighted by molar-refractivity contribution is 7.74. The van der Waals surface area contributed by atoms with Gasteiger partial charge in [-0.2, -0.15) is 0 Å².